The Morgan fingerprint density at radius 3 is 2.31 bits per heavy atom. The molecule has 1 aliphatic heterocycles. The molecule has 0 bridgehead atoms. The lowest BCUT2D eigenvalue weighted by atomic mass is 9.97. The fourth-order valence-electron chi connectivity index (χ4n) is 3.33. The van der Waals surface area contributed by atoms with Crippen LogP contribution in [0.15, 0.2) is 48.2 Å². The predicted octanol–water partition coefficient (Wildman–Crippen LogP) is 4.21. The minimum Gasteiger partial charge on any atom is -0.350 e. The minimum absolute atomic E-state index is 0.223. The zero-order valence-electron chi connectivity index (χ0n) is 15.7. The molecule has 0 fully saturated rings. The van der Waals surface area contributed by atoms with Crippen molar-refractivity contribution < 1.29 is 9.59 Å². The molecule has 2 aromatic carbocycles. The standard InChI is InChI=1S/C22H24N2O2/c1-5-11-24-21(25)19(18-10-9-15(3)12-16(18)4)20(22(24)26)23-17-8-6-7-14(2)13-17/h6-10,12-13,23H,5,11H2,1-4H3. The number of nitrogens with one attached hydrogen (secondary N) is 1. The second kappa shape index (κ2) is 7.16. The lowest BCUT2D eigenvalue weighted by Crippen LogP contribution is -2.33. The molecule has 134 valence electrons. The summed E-state index contributed by atoms with van der Waals surface area (Å²) in [5.74, 6) is -0.479. The molecule has 0 aliphatic carbocycles. The quantitative estimate of drug-likeness (QED) is 0.823. The van der Waals surface area contributed by atoms with Crippen LogP contribution >= 0.6 is 0 Å². The number of amides is 2. The number of carbonyl (C=O) groups excluding carboxylic acids is 2. The van der Waals surface area contributed by atoms with Gasteiger partial charge in [0.2, 0.25) is 0 Å². The molecule has 0 saturated heterocycles. The first kappa shape index (κ1) is 17.9. The third-order valence-electron chi connectivity index (χ3n) is 4.55. The number of anilines is 1. The molecule has 0 aromatic heterocycles. The van der Waals surface area contributed by atoms with Crippen LogP contribution in [0, 0.1) is 20.8 Å². The summed E-state index contributed by atoms with van der Waals surface area (Å²) in [6.45, 7) is 8.37. The van der Waals surface area contributed by atoms with Gasteiger partial charge in [0.25, 0.3) is 11.8 Å². The maximum absolute atomic E-state index is 13.0. The molecular formula is C22H24N2O2. The van der Waals surface area contributed by atoms with Crippen molar-refractivity contribution in [2.75, 3.05) is 11.9 Å². The highest BCUT2D eigenvalue weighted by molar-refractivity contribution is 6.36. The van der Waals surface area contributed by atoms with Gasteiger partial charge in [0.05, 0.1) is 5.57 Å². The molecule has 0 atom stereocenters. The van der Waals surface area contributed by atoms with Gasteiger partial charge in [0.1, 0.15) is 5.70 Å². The molecule has 4 heteroatoms. The van der Waals surface area contributed by atoms with E-state index in [1.807, 2.05) is 70.2 Å². The maximum Gasteiger partial charge on any atom is 0.278 e. The van der Waals surface area contributed by atoms with Gasteiger partial charge in [-0.05, 0) is 56.0 Å². The van der Waals surface area contributed by atoms with Crippen LogP contribution in [0.4, 0.5) is 5.69 Å². The minimum atomic E-state index is -0.256. The van der Waals surface area contributed by atoms with Gasteiger partial charge < -0.3 is 5.32 Å². The van der Waals surface area contributed by atoms with E-state index >= 15 is 0 Å². The van der Waals surface area contributed by atoms with E-state index < -0.39 is 0 Å². The highest BCUT2D eigenvalue weighted by atomic mass is 16.2. The van der Waals surface area contributed by atoms with Crippen LogP contribution in [0.25, 0.3) is 5.57 Å². The van der Waals surface area contributed by atoms with Gasteiger partial charge >= 0.3 is 0 Å². The summed E-state index contributed by atoms with van der Waals surface area (Å²) in [5.41, 5.74) is 5.64. The van der Waals surface area contributed by atoms with E-state index in [1.165, 1.54) is 4.90 Å². The largest absolute Gasteiger partial charge is 0.350 e. The van der Waals surface area contributed by atoms with Gasteiger partial charge in [-0.1, -0.05) is 42.8 Å². The summed E-state index contributed by atoms with van der Waals surface area (Å²) >= 11 is 0. The molecule has 3 rings (SSSR count). The zero-order chi connectivity index (χ0) is 18.8. The van der Waals surface area contributed by atoms with Crippen molar-refractivity contribution in [1.29, 1.82) is 0 Å². The van der Waals surface area contributed by atoms with E-state index in [1.54, 1.807) is 0 Å². The number of hydrogen-bond acceptors (Lipinski definition) is 3. The summed E-state index contributed by atoms with van der Waals surface area (Å²) in [6.07, 6.45) is 0.732. The number of rotatable bonds is 5. The number of aryl methyl sites for hydroxylation is 3. The molecule has 4 nitrogen and oxygen atoms in total. The first-order valence-corrected chi connectivity index (χ1v) is 8.94. The Labute approximate surface area is 154 Å². The third kappa shape index (κ3) is 3.27. The second-order valence-electron chi connectivity index (χ2n) is 6.82. The average molecular weight is 348 g/mol. The number of carbonyl (C=O) groups is 2. The Morgan fingerprint density at radius 1 is 0.923 bits per heavy atom. The van der Waals surface area contributed by atoms with Crippen molar-refractivity contribution in [3.05, 3.63) is 70.4 Å². The van der Waals surface area contributed by atoms with Crippen molar-refractivity contribution in [2.45, 2.75) is 34.1 Å². The van der Waals surface area contributed by atoms with Gasteiger partial charge in [-0.3, -0.25) is 14.5 Å². The topological polar surface area (TPSA) is 49.4 Å². The van der Waals surface area contributed by atoms with Crippen LogP contribution in [0.3, 0.4) is 0 Å². The summed E-state index contributed by atoms with van der Waals surface area (Å²) in [4.78, 5) is 27.3. The van der Waals surface area contributed by atoms with Crippen LogP contribution in [-0.2, 0) is 9.59 Å². The molecule has 1 aliphatic rings. The Kier molecular flexibility index (Phi) is 4.94. The van der Waals surface area contributed by atoms with Crippen LogP contribution in [0.2, 0.25) is 0 Å². The normalized spacial score (nSPS) is 14.4. The first-order valence-electron chi connectivity index (χ1n) is 8.94. The summed E-state index contributed by atoms with van der Waals surface area (Å²) in [5, 5.41) is 3.21. The average Bonchev–Trinajstić information content (AvgIpc) is 2.80. The predicted molar refractivity (Wildman–Crippen MR) is 105 cm³/mol. The second-order valence-corrected chi connectivity index (χ2v) is 6.82. The molecule has 1 N–H and O–H groups in total. The molecule has 2 amide bonds. The smallest absolute Gasteiger partial charge is 0.278 e. The summed E-state index contributed by atoms with van der Waals surface area (Å²) < 4.78 is 0. The highest BCUT2D eigenvalue weighted by Crippen LogP contribution is 2.32. The van der Waals surface area contributed by atoms with Gasteiger partial charge in [0, 0.05) is 12.2 Å². The van der Waals surface area contributed by atoms with E-state index in [2.05, 4.69) is 5.32 Å². The van der Waals surface area contributed by atoms with E-state index in [0.29, 0.717) is 17.8 Å². The monoisotopic (exact) mass is 348 g/mol. The van der Waals surface area contributed by atoms with E-state index in [-0.39, 0.29) is 11.8 Å². The van der Waals surface area contributed by atoms with Gasteiger partial charge in [-0.15, -0.1) is 0 Å². The van der Waals surface area contributed by atoms with Crippen LogP contribution in [-0.4, -0.2) is 23.3 Å². The van der Waals surface area contributed by atoms with Crippen molar-refractivity contribution in [3.8, 4) is 0 Å². The molecule has 0 spiro atoms. The van der Waals surface area contributed by atoms with Crippen molar-refractivity contribution in [1.82, 2.24) is 4.90 Å². The van der Waals surface area contributed by atoms with Crippen LogP contribution in [0.1, 0.15) is 35.6 Å². The number of hydrogen-bond donors (Lipinski definition) is 1. The molecule has 0 radical (unpaired) electrons. The third-order valence-corrected chi connectivity index (χ3v) is 4.55. The fourth-order valence-corrected chi connectivity index (χ4v) is 3.33. The van der Waals surface area contributed by atoms with Gasteiger partial charge in [-0.2, -0.15) is 0 Å². The van der Waals surface area contributed by atoms with Gasteiger partial charge in [-0.25, -0.2) is 0 Å². The van der Waals surface area contributed by atoms with E-state index in [4.69, 9.17) is 0 Å². The zero-order valence-corrected chi connectivity index (χ0v) is 15.7. The van der Waals surface area contributed by atoms with E-state index in [9.17, 15) is 9.59 Å². The van der Waals surface area contributed by atoms with Crippen LogP contribution < -0.4 is 5.32 Å². The Hall–Kier alpha value is -2.88. The first-order chi connectivity index (χ1) is 12.4. The van der Waals surface area contributed by atoms with Crippen molar-refractivity contribution in [2.24, 2.45) is 0 Å². The molecule has 2 aromatic rings. The van der Waals surface area contributed by atoms with E-state index in [0.717, 1.165) is 34.4 Å². The lowest BCUT2D eigenvalue weighted by Gasteiger charge is -2.14. The molecular weight excluding hydrogens is 324 g/mol. The Morgan fingerprint density at radius 2 is 1.65 bits per heavy atom. The maximum atomic E-state index is 13.0. The highest BCUT2D eigenvalue weighted by Gasteiger charge is 2.39. The Bertz CT molecular complexity index is 912. The van der Waals surface area contributed by atoms with Crippen molar-refractivity contribution in [3.63, 3.8) is 0 Å². The summed E-state index contributed by atoms with van der Waals surface area (Å²) in [7, 11) is 0. The lowest BCUT2D eigenvalue weighted by molar-refractivity contribution is -0.136. The van der Waals surface area contributed by atoms with Crippen molar-refractivity contribution >= 4 is 23.1 Å². The SMILES string of the molecule is CCCN1C(=O)C(Nc2cccc(C)c2)=C(c2ccc(C)cc2C)C1=O. The molecule has 0 saturated carbocycles. The fraction of sp³-hybridized carbons (Fsp3) is 0.273. The number of benzene rings is 2. The molecule has 26 heavy (non-hydrogen) atoms. The molecule has 1 heterocycles. The number of nitrogens with zero attached hydrogens (tertiary/aromatic N) is 1. The van der Waals surface area contributed by atoms with Crippen LogP contribution in [0.5, 0.6) is 0 Å². The number of imide groups is 1. The summed E-state index contributed by atoms with van der Waals surface area (Å²) in [6, 6.07) is 13.7. The molecule has 0 unspecified atom stereocenters. The van der Waals surface area contributed by atoms with Gasteiger partial charge in [0.15, 0.2) is 0 Å². The Balaban J connectivity index is 2.12.